The molecule has 1 aliphatic rings. The molecule has 3 aromatic rings. The lowest BCUT2D eigenvalue weighted by Gasteiger charge is -2.30. The Bertz CT molecular complexity index is 1360. The Labute approximate surface area is 243 Å². The van der Waals surface area contributed by atoms with Gasteiger partial charge in [-0.1, -0.05) is 48.5 Å². The van der Waals surface area contributed by atoms with Crippen molar-refractivity contribution in [2.45, 2.75) is 56.3 Å². The Hall–Kier alpha value is -3.83. The largest absolute Gasteiger partial charge is 0.480 e. The van der Waals surface area contributed by atoms with E-state index in [0.29, 0.717) is 38.0 Å². The number of benzene rings is 2. The van der Waals surface area contributed by atoms with Gasteiger partial charge >= 0.3 is 5.97 Å². The van der Waals surface area contributed by atoms with E-state index in [0.717, 1.165) is 22.0 Å². The van der Waals surface area contributed by atoms with Crippen LogP contribution in [-0.2, 0) is 32.0 Å². The van der Waals surface area contributed by atoms with E-state index in [4.69, 9.17) is 5.73 Å². The third-order valence-electron chi connectivity index (χ3n) is 7.41. The van der Waals surface area contributed by atoms with Gasteiger partial charge in [-0.25, -0.2) is 4.79 Å². The van der Waals surface area contributed by atoms with Gasteiger partial charge in [0.05, 0.1) is 6.04 Å². The van der Waals surface area contributed by atoms with Crippen molar-refractivity contribution in [2.24, 2.45) is 5.73 Å². The minimum absolute atomic E-state index is 0.128. The molecule has 41 heavy (non-hydrogen) atoms. The number of carbonyl (C=O) groups is 4. The number of carboxylic acid groups (broad SMARTS) is 1. The fraction of sp³-hybridized carbons (Fsp3) is 0.400. The molecule has 11 heteroatoms. The summed E-state index contributed by atoms with van der Waals surface area (Å²) in [5, 5.41) is 16.2. The number of rotatable bonds is 13. The van der Waals surface area contributed by atoms with Crippen LogP contribution in [0.4, 0.5) is 0 Å². The van der Waals surface area contributed by atoms with Crippen molar-refractivity contribution in [1.29, 1.82) is 0 Å². The molecule has 4 atom stereocenters. The second-order valence-corrected chi connectivity index (χ2v) is 11.3. The number of thioether (sulfide) groups is 1. The molecule has 0 saturated carbocycles. The number of hydrogen-bond donors (Lipinski definition) is 5. The number of carbonyl (C=O) groups excluding carboxylic acids is 3. The molecule has 2 heterocycles. The number of aromatic amines is 1. The summed E-state index contributed by atoms with van der Waals surface area (Å²) in [7, 11) is 0. The topological polar surface area (TPSA) is 158 Å². The zero-order valence-electron chi connectivity index (χ0n) is 23.0. The average molecular weight is 580 g/mol. The molecule has 0 bridgehead atoms. The fourth-order valence-corrected chi connectivity index (χ4v) is 5.69. The van der Waals surface area contributed by atoms with Crippen LogP contribution in [0.15, 0.2) is 60.8 Å². The van der Waals surface area contributed by atoms with E-state index in [1.54, 1.807) is 23.9 Å². The first kappa shape index (κ1) is 30.1. The summed E-state index contributed by atoms with van der Waals surface area (Å²) in [6.45, 7) is 0.348. The van der Waals surface area contributed by atoms with Crippen LogP contribution < -0.4 is 16.4 Å². The third kappa shape index (κ3) is 7.68. The highest BCUT2D eigenvalue weighted by Gasteiger charge is 2.39. The molecule has 4 unspecified atom stereocenters. The number of aliphatic carboxylic acids is 1. The molecule has 3 amide bonds. The summed E-state index contributed by atoms with van der Waals surface area (Å²) in [5.74, 6) is -1.84. The van der Waals surface area contributed by atoms with Crippen molar-refractivity contribution in [3.05, 3.63) is 71.9 Å². The first-order chi connectivity index (χ1) is 19.8. The van der Waals surface area contributed by atoms with Crippen LogP contribution in [0.5, 0.6) is 0 Å². The monoisotopic (exact) mass is 579 g/mol. The number of carboxylic acids is 1. The fourth-order valence-electron chi connectivity index (χ4n) is 5.22. The molecule has 218 valence electrons. The lowest BCUT2D eigenvalue weighted by molar-refractivity contribution is -0.144. The lowest BCUT2D eigenvalue weighted by Crippen LogP contribution is -2.57. The van der Waals surface area contributed by atoms with Crippen molar-refractivity contribution in [2.75, 3.05) is 18.6 Å². The Morgan fingerprint density at radius 1 is 1.05 bits per heavy atom. The van der Waals surface area contributed by atoms with Crippen molar-refractivity contribution in [1.82, 2.24) is 20.5 Å². The van der Waals surface area contributed by atoms with Gasteiger partial charge in [0.2, 0.25) is 17.7 Å². The number of nitrogens with one attached hydrogen (secondary N) is 3. The summed E-state index contributed by atoms with van der Waals surface area (Å²) in [5.41, 5.74) is 8.92. The molecule has 1 aromatic heterocycles. The standard InChI is InChI=1S/C30H37N5O5S/c1-41-15-13-24(33-27(36)22(31)17-20-18-32-23-11-6-5-10-21(20)23)29(38)35-14-7-12-26(35)28(37)34-25(30(39)40)16-19-8-3-2-4-9-19/h2-6,8-11,18,22,24-26,32H,7,12-17,31H2,1H3,(H,33,36)(H,34,37)(H,39,40). The molecular formula is C30H37N5O5S. The summed E-state index contributed by atoms with van der Waals surface area (Å²) in [4.78, 5) is 56.6. The molecule has 10 nitrogen and oxygen atoms in total. The lowest BCUT2D eigenvalue weighted by atomic mass is 10.0. The minimum Gasteiger partial charge on any atom is -0.480 e. The second-order valence-electron chi connectivity index (χ2n) is 10.3. The third-order valence-corrected chi connectivity index (χ3v) is 8.06. The first-order valence-corrected chi connectivity index (χ1v) is 15.1. The highest BCUT2D eigenvalue weighted by atomic mass is 32.2. The normalized spacial score (nSPS) is 17.1. The number of likely N-dealkylation sites (tertiary alicyclic amines) is 1. The Balaban J connectivity index is 1.41. The predicted molar refractivity (Wildman–Crippen MR) is 159 cm³/mol. The van der Waals surface area contributed by atoms with Gasteiger partial charge < -0.3 is 31.4 Å². The molecule has 2 aromatic carbocycles. The molecule has 0 radical (unpaired) electrons. The minimum atomic E-state index is -1.15. The van der Waals surface area contributed by atoms with E-state index in [-0.39, 0.29) is 12.3 Å². The maximum atomic E-state index is 13.7. The Morgan fingerprint density at radius 2 is 1.78 bits per heavy atom. The van der Waals surface area contributed by atoms with Crippen LogP contribution in [0.3, 0.4) is 0 Å². The summed E-state index contributed by atoms with van der Waals surface area (Å²) < 4.78 is 0. The SMILES string of the molecule is CSCCC(NC(=O)C(N)Cc1c[nH]c2ccccc12)C(=O)N1CCCC1C(=O)NC(Cc1ccccc1)C(=O)O. The van der Waals surface area contributed by atoms with Crippen LogP contribution in [0.2, 0.25) is 0 Å². The van der Waals surface area contributed by atoms with Gasteiger partial charge in [-0.05, 0) is 54.9 Å². The Kier molecular flexibility index (Phi) is 10.4. The second kappa shape index (κ2) is 14.2. The highest BCUT2D eigenvalue weighted by Crippen LogP contribution is 2.21. The average Bonchev–Trinajstić information content (AvgIpc) is 3.63. The van der Waals surface area contributed by atoms with E-state index >= 15 is 0 Å². The van der Waals surface area contributed by atoms with Crippen LogP contribution >= 0.6 is 11.8 Å². The van der Waals surface area contributed by atoms with Crippen LogP contribution in [0.25, 0.3) is 10.9 Å². The maximum absolute atomic E-state index is 13.7. The smallest absolute Gasteiger partial charge is 0.326 e. The number of H-pyrrole nitrogens is 1. The molecule has 1 saturated heterocycles. The van der Waals surface area contributed by atoms with Crippen molar-refractivity contribution in [3.8, 4) is 0 Å². The molecule has 0 aliphatic carbocycles. The summed E-state index contributed by atoms with van der Waals surface area (Å²) in [6.07, 6.45) is 5.57. The van der Waals surface area contributed by atoms with Gasteiger partial charge in [0, 0.05) is 30.1 Å². The van der Waals surface area contributed by atoms with Gasteiger partial charge in [0.1, 0.15) is 18.1 Å². The van der Waals surface area contributed by atoms with E-state index < -0.39 is 42.0 Å². The van der Waals surface area contributed by atoms with Crippen LogP contribution in [0, 0.1) is 0 Å². The van der Waals surface area contributed by atoms with E-state index in [9.17, 15) is 24.3 Å². The molecular weight excluding hydrogens is 542 g/mol. The number of amides is 3. The number of aromatic nitrogens is 1. The number of fused-ring (bicyclic) bond motifs is 1. The van der Waals surface area contributed by atoms with Gasteiger partial charge in [-0.15, -0.1) is 0 Å². The van der Waals surface area contributed by atoms with E-state index in [2.05, 4.69) is 15.6 Å². The van der Waals surface area contributed by atoms with Crippen LogP contribution in [0.1, 0.15) is 30.4 Å². The Morgan fingerprint density at radius 3 is 2.51 bits per heavy atom. The zero-order valence-corrected chi connectivity index (χ0v) is 23.9. The van der Waals surface area contributed by atoms with Crippen molar-refractivity contribution >= 4 is 46.4 Å². The predicted octanol–water partition coefficient (Wildman–Crippen LogP) is 2.08. The quantitative estimate of drug-likeness (QED) is 0.207. The number of nitrogens with zero attached hydrogens (tertiary/aromatic N) is 1. The summed E-state index contributed by atoms with van der Waals surface area (Å²) >= 11 is 1.55. The maximum Gasteiger partial charge on any atom is 0.326 e. The number of hydrogen-bond acceptors (Lipinski definition) is 6. The molecule has 4 rings (SSSR count). The van der Waals surface area contributed by atoms with Gasteiger partial charge in [-0.2, -0.15) is 11.8 Å². The molecule has 1 aliphatic heterocycles. The summed E-state index contributed by atoms with van der Waals surface area (Å²) in [6, 6.07) is 13.2. The molecule has 1 fully saturated rings. The van der Waals surface area contributed by atoms with E-state index in [1.807, 2.05) is 54.9 Å². The number of nitrogens with two attached hydrogens (primary N) is 1. The number of para-hydroxylation sites is 1. The molecule has 6 N–H and O–H groups in total. The van der Waals surface area contributed by atoms with Crippen molar-refractivity contribution in [3.63, 3.8) is 0 Å². The van der Waals surface area contributed by atoms with Crippen molar-refractivity contribution < 1.29 is 24.3 Å². The molecule has 0 spiro atoms. The first-order valence-electron chi connectivity index (χ1n) is 13.8. The van der Waals surface area contributed by atoms with Gasteiger partial charge in [0.15, 0.2) is 0 Å². The van der Waals surface area contributed by atoms with Gasteiger partial charge in [-0.3, -0.25) is 14.4 Å². The highest BCUT2D eigenvalue weighted by molar-refractivity contribution is 7.98. The van der Waals surface area contributed by atoms with Gasteiger partial charge in [0.25, 0.3) is 0 Å². The van der Waals surface area contributed by atoms with Crippen LogP contribution in [-0.4, -0.2) is 81.4 Å². The van der Waals surface area contributed by atoms with E-state index in [1.165, 1.54) is 4.90 Å². The zero-order chi connectivity index (χ0) is 29.4.